The van der Waals surface area contributed by atoms with Gasteiger partial charge >= 0.3 is 0 Å². The highest BCUT2D eigenvalue weighted by molar-refractivity contribution is 5.65. The third kappa shape index (κ3) is 3.87. The normalized spacial score (nSPS) is 15.9. The third-order valence-electron chi connectivity index (χ3n) is 5.96. The first-order valence-electron chi connectivity index (χ1n) is 10.9. The fourth-order valence-corrected chi connectivity index (χ4v) is 4.40. The Morgan fingerprint density at radius 3 is 2.75 bits per heavy atom. The number of hydrogen-bond donors (Lipinski definition) is 1. The Balaban J connectivity index is 1.40. The van der Waals surface area contributed by atoms with Crippen molar-refractivity contribution in [2.24, 2.45) is 0 Å². The van der Waals surface area contributed by atoms with E-state index in [-0.39, 0.29) is 12.5 Å². The van der Waals surface area contributed by atoms with Gasteiger partial charge in [-0.25, -0.2) is 14.6 Å². The van der Waals surface area contributed by atoms with Gasteiger partial charge in [0.2, 0.25) is 0 Å². The van der Waals surface area contributed by atoms with Crippen LogP contribution in [0.2, 0.25) is 0 Å². The van der Waals surface area contributed by atoms with Gasteiger partial charge < -0.3 is 9.67 Å². The minimum absolute atomic E-state index is 0.0349. The van der Waals surface area contributed by atoms with E-state index < -0.39 is 0 Å². The zero-order chi connectivity index (χ0) is 22.1. The Labute approximate surface area is 187 Å². The van der Waals surface area contributed by atoms with Crippen LogP contribution in [0.1, 0.15) is 58.6 Å². The average molecular weight is 427 g/mol. The molecule has 4 aromatic rings. The van der Waals surface area contributed by atoms with Gasteiger partial charge in [-0.3, -0.25) is 4.98 Å². The molecule has 32 heavy (non-hydrogen) atoms. The highest BCUT2D eigenvalue weighted by atomic mass is 16.3. The van der Waals surface area contributed by atoms with Gasteiger partial charge in [-0.2, -0.15) is 5.10 Å². The lowest BCUT2D eigenvalue weighted by Crippen LogP contribution is -2.19. The van der Waals surface area contributed by atoms with E-state index in [0.29, 0.717) is 5.82 Å². The highest BCUT2D eigenvalue weighted by Crippen LogP contribution is 2.34. The highest BCUT2D eigenvalue weighted by Gasteiger charge is 2.26. The van der Waals surface area contributed by atoms with Crippen LogP contribution < -0.4 is 0 Å². The van der Waals surface area contributed by atoms with Gasteiger partial charge in [0.1, 0.15) is 5.82 Å². The summed E-state index contributed by atoms with van der Waals surface area (Å²) in [4.78, 5) is 13.8. The zero-order valence-electron chi connectivity index (χ0n) is 18.3. The summed E-state index contributed by atoms with van der Waals surface area (Å²) in [6.07, 6.45) is 9.72. The summed E-state index contributed by atoms with van der Waals surface area (Å²) < 4.78 is 3.99. The number of aliphatic hydroxyl groups excluding tert-OH is 1. The zero-order valence-corrected chi connectivity index (χ0v) is 18.3. The predicted octanol–water partition coefficient (Wildman–Crippen LogP) is 4.06. The van der Waals surface area contributed by atoms with Gasteiger partial charge in [0.15, 0.2) is 5.82 Å². The molecule has 0 unspecified atom stereocenters. The number of rotatable bonds is 5. The summed E-state index contributed by atoms with van der Waals surface area (Å²) in [7, 11) is 0. The van der Waals surface area contributed by atoms with Crippen LogP contribution in [0.4, 0.5) is 0 Å². The molecule has 0 bridgehead atoms. The second-order valence-electron chi connectivity index (χ2n) is 8.20. The molecule has 3 aromatic heterocycles. The van der Waals surface area contributed by atoms with Crippen molar-refractivity contribution in [2.45, 2.75) is 45.8 Å². The van der Waals surface area contributed by atoms with Crippen LogP contribution in [0, 0.1) is 13.8 Å². The fourth-order valence-electron chi connectivity index (χ4n) is 4.40. The number of pyridine rings is 1. The molecule has 1 aliphatic rings. The molecule has 0 amide bonds. The van der Waals surface area contributed by atoms with Crippen molar-refractivity contribution < 1.29 is 5.11 Å². The first-order chi connectivity index (χ1) is 15.6. The molecule has 0 saturated carbocycles. The molecular weight excluding hydrogens is 400 g/mol. The molecule has 1 aliphatic heterocycles. The van der Waals surface area contributed by atoms with Gasteiger partial charge in [-0.05, 0) is 62.1 Å². The monoisotopic (exact) mass is 426 g/mol. The number of benzene rings is 1. The van der Waals surface area contributed by atoms with E-state index in [4.69, 9.17) is 15.1 Å². The van der Waals surface area contributed by atoms with Gasteiger partial charge in [-0.1, -0.05) is 24.3 Å². The average Bonchev–Trinajstić information content (AvgIpc) is 3.43. The molecule has 5 rings (SSSR count). The Hall–Kier alpha value is -3.58. The van der Waals surface area contributed by atoms with Gasteiger partial charge in [0.05, 0.1) is 35.7 Å². The van der Waals surface area contributed by atoms with E-state index in [0.717, 1.165) is 59.1 Å². The second kappa shape index (κ2) is 8.51. The lowest BCUT2D eigenvalue weighted by Gasteiger charge is -2.24. The van der Waals surface area contributed by atoms with Crippen LogP contribution in [0.15, 0.2) is 48.9 Å². The number of aromatic nitrogens is 6. The first kappa shape index (κ1) is 20.3. The quantitative estimate of drug-likeness (QED) is 0.520. The molecule has 1 aromatic carbocycles. The fraction of sp³-hybridized carbons (Fsp3) is 0.280. The number of hydrogen-bond acceptors (Lipinski definition) is 5. The standard InChI is InChI=1S/C25H26N6O/c1-17-14-30(16-26-17)23-11-9-20(27-18(23)2)10-12-24-28-25-22(8-5-13-31(25)29-24)21-7-4-3-6-19(21)15-32/h3-4,6-7,9-12,14,16,22,32H,5,8,13,15H2,1-2H3/b12-10+/t22-/m1/s1. The van der Waals surface area contributed by atoms with Gasteiger partial charge in [0, 0.05) is 18.7 Å². The van der Waals surface area contributed by atoms with E-state index in [1.807, 2.05) is 65.7 Å². The summed E-state index contributed by atoms with van der Waals surface area (Å²) >= 11 is 0. The summed E-state index contributed by atoms with van der Waals surface area (Å²) in [6, 6.07) is 12.1. The maximum absolute atomic E-state index is 9.76. The van der Waals surface area contributed by atoms with Crippen molar-refractivity contribution in [3.63, 3.8) is 0 Å². The predicted molar refractivity (Wildman–Crippen MR) is 123 cm³/mol. The summed E-state index contributed by atoms with van der Waals surface area (Å²) in [6.45, 7) is 4.87. The molecule has 0 spiro atoms. The number of nitrogens with zero attached hydrogens (tertiary/aromatic N) is 6. The number of imidazole rings is 1. The SMILES string of the molecule is Cc1cn(-c2ccc(/C=C/c3nc4n(n3)CCC[C@@H]4c3ccccc3CO)nc2C)cn1. The van der Waals surface area contributed by atoms with E-state index in [2.05, 4.69) is 17.1 Å². The summed E-state index contributed by atoms with van der Waals surface area (Å²) in [5.74, 6) is 1.80. The maximum atomic E-state index is 9.76. The first-order valence-corrected chi connectivity index (χ1v) is 10.9. The minimum Gasteiger partial charge on any atom is -0.392 e. The van der Waals surface area contributed by atoms with Crippen molar-refractivity contribution in [3.8, 4) is 5.69 Å². The van der Waals surface area contributed by atoms with Crippen molar-refractivity contribution in [1.29, 1.82) is 0 Å². The van der Waals surface area contributed by atoms with E-state index in [1.54, 1.807) is 6.33 Å². The van der Waals surface area contributed by atoms with Gasteiger partial charge in [-0.15, -0.1) is 0 Å². The molecule has 1 atom stereocenters. The van der Waals surface area contributed by atoms with Crippen molar-refractivity contribution in [3.05, 3.63) is 88.8 Å². The maximum Gasteiger partial charge on any atom is 0.174 e. The molecule has 0 fully saturated rings. The molecule has 0 aliphatic carbocycles. The molecule has 7 heteroatoms. The molecule has 0 radical (unpaired) electrons. The van der Waals surface area contributed by atoms with Crippen LogP contribution in [0.25, 0.3) is 17.8 Å². The van der Waals surface area contributed by atoms with Crippen molar-refractivity contribution >= 4 is 12.2 Å². The number of fused-ring (bicyclic) bond motifs is 1. The second-order valence-corrected chi connectivity index (χ2v) is 8.20. The van der Waals surface area contributed by atoms with Crippen LogP contribution in [-0.2, 0) is 13.2 Å². The van der Waals surface area contributed by atoms with Crippen molar-refractivity contribution in [2.75, 3.05) is 0 Å². The molecule has 1 N–H and O–H groups in total. The number of aliphatic hydroxyl groups is 1. The topological polar surface area (TPSA) is 81.7 Å². The Morgan fingerprint density at radius 1 is 1.09 bits per heavy atom. The summed E-state index contributed by atoms with van der Waals surface area (Å²) in [5.41, 5.74) is 5.88. The smallest absolute Gasteiger partial charge is 0.174 e. The van der Waals surface area contributed by atoms with Gasteiger partial charge in [0.25, 0.3) is 0 Å². The number of aryl methyl sites for hydroxylation is 3. The van der Waals surface area contributed by atoms with E-state index in [1.165, 1.54) is 0 Å². The summed E-state index contributed by atoms with van der Waals surface area (Å²) in [5, 5.41) is 14.5. The van der Waals surface area contributed by atoms with Crippen LogP contribution in [0.3, 0.4) is 0 Å². The molecule has 0 saturated heterocycles. The molecule has 162 valence electrons. The van der Waals surface area contributed by atoms with E-state index in [9.17, 15) is 5.11 Å². The van der Waals surface area contributed by atoms with Crippen LogP contribution >= 0.6 is 0 Å². The lowest BCUT2D eigenvalue weighted by atomic mass is 9.88. The third-order valence-corrected chi connectivity index (χ3v) is 5.96. The van der Waals surface area contributed by atoms with E-state index >= 15 is 0 Å². The van der Waals surface area contributed by atoms with Crippen LogP contribution in [-0.4, -0.2) is 34.4 Å². The van der Waals surface area contributed by atoms with Crippen molar-refractivity contribution in [1.82, 2.24) is 29.3 Å². The minimum atomic E-state index is 0.0349. The Morgan fingerprint density at radius 2 is 1.97 bits per heavy atom. The molecule has 4 heterocycles. The molecular formula is C25H26N6O. The molecule has 7 nitrogen and oxygen atoms in total. The Bertz CT molecular complexity index is 1290. The lowest BCUT2D eigenvalue weighted by molar-refractivity contribution is 0.279. The van der Waals surface area contributed by atoms with Crippen LogP contribution in [0.5, 0.6) is 0 Å². The Kier molecular flexibility index (Phi) is 5.41. The largest absolute Gasteiger partial charge is 0.392 e.